The lowest BCUT2D eigenvalue weighted by Gasteiger charge is -2.25. The van der Waals surface area contributed by atoms with Gasteiger partial charge in [-0.3, -0.25) is 9.59 Å². The number of esters is 1. The Hall–Kier alpha value is -3.81. The Labute approximate surface area is 178 Å². The first-order valence-electron chi connectivity index (χ1n) is 9.96. The summed E-state index contributed by atoms with van der Waals surface area (Å²) < 4.78 is 13.0. The fraction of sp³-hybridized carbons (Fsp3) is 0.261. The van der Waals surface area contributed by atoms with Crippen molar-refractivity contribution in [2.24, 2.45) is 0 Å². The van der Waals surface area contributed by atoms with Crippen molar-refractivity contribution in [3.8, 4) is 5.75 Å². The molecule has 0 spiro atoms. The number of carbonyl (C=O) groups is 3. The monoisotopic (exact) mass is 422 g/mol. The first-order chi connectivity index (χ1) is 14.9. The molecule has 2 heterocycles. The van der Waals surface area contributed by atoms with Crippen molar-refractivity contribution in [3.63, 3.8) is 0 Å². The highest BCUT2D eigenvalue weighted by molar-refractivity contribution is 6.16. The Morgan fingerprint density at radius 3 is 2.61 bits per heavy atom. The third kappa shape index (κ3) is 3.72. The van der Waals surface area contributed by atoms with Crippen LogP contribution in [0.4, 0.5) is 5.69 Å². The molecule has 0 saturated heterocycles. The van der Waals surface area contributed by atoms with Crippen LogP contribution in [0.25, 0.3) is 10.9 Å². The van der Waals surface area contributed by atoms with Gasteiger partial charge in [-0.15, -0.1) is 0 Å². The predicted molar refractivity (Wildman–Crippen MR) is 113 cm³/mol. The molecule has 1 unspecified atom stereocenters. The second-order valence-corrected chi connectivity index (χ2v) is 7.28. The van der Waals surface area contributed by atoms with Crippen molar-refractivity contribution < 1.29 is 29.0 Å². The van der Waals surface area contributed by atoms with Gasteiger partial charge >= 0.3 is 11.9 Å². The summed E-state index contributed by atoms with van der Waals surface area (Å²) >= 11 is 0. The van der Waals surface area contributed by atoms with E-state index in [0.29, 0.717) is 34.6 Å². The lowest BCUT2D eigenvalue weighted by atomic mass is 10.1. The highest BCUT2D eigenvalue weighted by Gasteiger charge is 2.33. The summed E-state index contributed by atoms with van der Waals surface area (Å²) in [5.41, 5.74) is 3.20. The molecule has 1 atom stereocenters. The number of nitrogens with one attached hydrogen (secondary N) is 1. The van der Waals surface area contributed by atoms with Crippen LogP contribution < -0.4 is 10.1 Å². The number of hydrogen-bond donors (Lipinski definition) is 2. The number of anilines is 1. The largest absolute Gasteiger partial charge is 0.481 e. The molecule has 4 rings (SSSR count). The van der Waals surface area contributed by atoms with Crippen molar-refractivity contribution in [3.05, 3.63) is 59.3 Å². The fourth-order valence-corrected chi connectivity index (χ4v) is 3.90. The third-order valence-corrected chi connectivity index (χ3v) is 5.29. The van der Waals surface area contributed by atoms with Crippen LogP contribution in [0.2, 0.25) is 0 Å². The molecule has 1 aliphatic rings. The van der Waals surface area contributed by atoms with E-state index in [2.05, 4.69) is 5.32 Å². The van der Waals surface area contributed by atoms with E-state index in [-0.39, 0.29) is 6.61 Å². The highest BCUT2D eigenvalue weighted by Crippen LogP contribution is 2.41. The van der Waals surface area contributed by atoms with Crippen molar-refractivity contribution >= 4 is 34.4 Å². The SMILES string of the molecule is CCOC(=O)c1c(C)n(Cc2ccccc2)c2ccc3c(c12)NC(=O)C(CC(=O)O)O3. The summed E-state index contributed by atoms with van der Waals surface area (Å²) in [6.45, 7) is 4.30. The van der Waals surface area contributed by atoms with Gasteiger partial charge in [0.1, 0.15) is 5.75 Å². The van der Waals surface area contributed by atoms with Crippen LogP contribution in [0, 0.1) is 6.92 Å². The van der Waals surface area contributed by atoms with E-state index in [1.54, 1.807) is 13.0 Å². The summed E-state index contributed by atoms with van der Waals surface area (Å²) in [6.07, 6.45) is -1.59. The fourth-order valence-electron chi connectivity index (χ4n) is 3.90. The number of ether oxygens (including phenoxy) is 2. The standard InChI is InChI=1S/C23H22N2O6/c1-3-30-23(29)19-13(2)25(12-14-7-5-4-6-8-14)15-9-10-16-21(20(15)19)24-22(28)17(31-16)11-18(26)27/h4-10,17H,3,11-12H2,1-2H3,(H,24,28)(H,26,27). The lowest BCUT2D eigenvalue weighted by molar-refractivity contribution is -0.142. The van der Waals surface area contributed by atoms with Gasteiger partial charge in [0.25, 0.3) is 5.91 Å². The molecule has 2 aromatic carbocycles. The summed E-state index contributed by atoms with van der Waals surface area (Å²) in [5.74, 6) is -1.87. The first kappa shape index (κ1) is 20.5. The molecule has 160 valence electrons. The number of hydrogen-bond acceptors (Lipinski definition) is 5. The molecule has 1 amide bonds. The van der Waals surface area contributed by atoms with Crippen LogP contribution in [-0.4, -0.2) is 40.2 Å². The number of carbonyl (C=O) groups excluding carboxylic acids is 2. The zero-order valence-corrected chi connectivity index (χ0v) is 17.2. The Kier molecular flexibility index (Phi) is 5.37. The number of aliphatic carboxylic acids is 1. The minimum absolute atomic E-state index is 0.211. The van der Waals surface area contributed by atoms with E-state index in [1.165, 1.54) is 0 Å². The number of amides is 1. The number of carboxylic acid groups (broad SMARTS) is 1. The minimum atomic E-state index is -1.14. The second-order valence-electron chi connectivity index (χ2n) is 7.28. The molecule has 8 nitrogen and oxygen atoms in total. The molecule has 0 bridgehead atoms. The summed E-state index contributed by atoms with van der Waals surface area (Å²) in [4.78, 5) is 36.4. The second kappa shape index (κ2) is 8.14. The maximum absolute atomic E-state index is 12.9. The zero-order chi connectivity index (χ0) is 22.1. The maximum Gasteiger partial charge on any atom is 0.340 e. The van der Waals surface area contributed by atoms with Gasteiger partial charge < -0.3 is 24.5 Å². The van der Waals surface area contributed by atoms with E-state index in [4.69, 9.17) is 14.6 Å². The highest BCUT2D eigenvalue weighted by atomic mass is 16.5. The van der Waals surface area contributed by atoms with Crippen LogP contribution in [0.15, 0.2) is 42.5 Å². The van der Waals surface area contributed by atoms with Crippen molar-refractivity contribution in [1.29, 1.82) is 0 Å². The Morgan fingerprint density at radius 2 is 1.94 bits per heavy atom. The van der Waals surface area contributed by atoms with Crippen LogP contribution in [-0.2, 0) is 20.9 Å². The van der Waals surface area contributed by atoms with E-state index in [9.17, 15) is 14.4 Å². The van der Waals surface area contributed by atoms with Crippen LogP contribution in [0.3, 0.4) is 0 Å². The lowest BCUT2D eigenvalue weighted by Crippen LogP contribution is -2.38. The van der Waals surface area contributed by atoms with Gasteiger partial charge in [0.15, 0.2) is 6.10 Å². The number of rotatable bonds is 6. The first-order valence-corrected chi connectivity index (χ1v) is 9.96. The van der Waals surface area contributed by atoms with Crippen LogP contribution in [0.5, 0.6) is 5.75 Å². The van der Waals surface area contributed by atoms with Crippen molar-refractivity contribution in [2.75, 3.05) is 11.9 Å². The van der Waals surface area contributed by atoms with E-state index >= 15 is 0 Å². The molecule has 8 heteroatoms. The molecular formula is C23H22N2O6. The smallest absolute Gasteiger partial charge is 0.340 e. The molecule has 0 fully saturated rings. The molecular weight excluding hydrogens is 400 g/mol. The summed E-state index contributed by atoms with van der Waals surface area (Å²) in [7, 11) is 0. The van der Waals surface area contributed by atoms with Crippen LogP contribution in [0.1, 0.15) is 35.0 Å². The number of aromatic nitrogens is 1. The van der Waals surface area contributed by atoms with Gasteiger partial charge in [0.2, 0.25) is 0 Å². The van der Waals surface area contributed by atoms with E-state index in [0.717, 1.165) is 11.1 Å². The maximum atomic E-state index is 12.9. The molecule has 0 aliphatic carbocycles. The molecule has 31 heavy (non-hydrogen) atoms. The van der Waals surface area contributed by atoms with Gasteiger partial charge in [0.05, 0.1) is 29.8 Å². The average molecular weight is 422 g/mol. The summed E-state index contributed by atoms with van der Waals surface area (Å²) in [6, 6.07) is 13.3. The molecule has 1 aromatic heterocycles. The molecule has 2 N–H and O–H groups in total. The minimum Gasteiger partial charge on any atom is -0.481 e. The topological polar surface area (TPSA) is 107 Å². The summed E-state index contributed by atoms with van der Waals surface area (Å²) in [5, 5.41) is 12.3. The normalized spacial score (nSPS) is 15.2. The third-order valence-electron chi connectivity index (χ3n) is 5.29. The number of nitrogens with zero attached hydrogens (tertiary/aromatic N) is 1. The number of benzene rings is 2. The Bertz CT molecular complexity index is 1180. The van der Waals surface area contributed by atoms with Crippen molar-refractivity contribution in [2.45, 2.75) is 32.9 Å². The molecule has 3 aromatic rings. The van der Waals surface area contributed by atoms with Crippen LogP contribution >= 0.6 is 0 Å². The van der Waals surface area contributed by atoms with Crippen molar-refractivity contribution in [1.82, 2.24) is 4.57 Å². The predicted octanol–water partition coefficient (Wildman–Crippen LogP) is 3.35. The van der Waals surface area contributed by atoms with Gasteiger partial charge in [-0.2, -0.15) is 0 Å². The molecule has 1 aliphatic heterocycles. The Morgan fingerprint density at radius 1 is 1.19 bits per heavy atom. The number of carboxylic acids is 1. The van der Waals surface area contributed by atoms with Gasteiger partial charge in [0, 0.05) is 17.6 Å². The van der Waals surface area contributed by atoms with E-state index < -0.39 is 30.4 Å². The van der Waals surface area contributed by atoms with Gasteiger partial charge in [-0.1, -0.05) is 30.3 Å². The quantitative estimate of drug-likeness (QED) is 0.590. The number of fused-ring (bicyclic) bond motifs is 3. The van der Waals surface area contributed by atoms with Gasteiger partial charge in [-0.25, -0.2) is 4.79 Å². The molecule has 0 radical (unpaired) electrons. The zero-order valence-electron chi connectivity index (χ0n) is 17.2. The average Bonchev–Trinajstić information content (AvgIpc) is 3.01. The Balaban J connectivity index is 1.89. The molecule has 0 saturated carbocycles. The van der Waals surface area contributed by atoms with Gasteiger partial charge in [-0.05, 0) is 31.5 Å². The van der Waals surface area contributed by atoms with E-state index in [1.807, 2.05) is 47.9 Å².